The van der Waals surface area contributed by atoms with Gasteiger partial charge in [0.2, 0.25) is 0 Å². The van der Waals surface area contributed by atoms with Crippen LogP contribution in [0.1, 0.15) is 0 Å². The first-order valence-electron chi connectivity index (χ1n) is 0. The predicted molar refractivity (Wildman–Crippen MR) is 6.27 cm³/mol. The fourth-order valence-corrected chi connectivity index (χ4v) is 0. The van der Waals surface area contributed by atoms with Crippen LogP contribution >= 0.6 is 0 Å². The Balaban J connectivity index is 0. The Bertz CT molecular complexity index is 8.04. The maximum Gasteiger partial charge on any atom is 3.00 e. The predicted octanol–water partition coefficient (Wildman–Crippen LogP) is -16.2. The molecule has 0 rings (SSSR count). The molecule has 7 heavy (non-hydrogen) atoms. The van der Waals surface area contributed by atoms with Crippen molar-refractivity contribution in [3.8, 4) is 0 Å². The molecule has 0 unspecified atom stereocenters. The van der Waals surface area contributed by atoms with E-state index < -0.39 is 0 Å². The van der Waals surface area contributed by atoms with E-state index >= 15 is 0 Å². The average Bonchev–Trinajstić information content (AvgIpc) is 0. The molecule has 49 valence electrons. The van der Waals surface area contributed by atoms with Crippen LogP contribution in [0.5, 0.6) is 0 Å². The molecule has 0 saturated heterocycles. The number of hydrogen-bond donors (Lipinski definition) is 0. The SMILES string of the molecule is [F-].[F-].[F-].[F-].[F-].[Nd+3].[OH4+2]. The molecule has 4 N–H and O–H groups in total. The summed E-state index contributed by atoms with van der Waals surface area (Å²) >= 11 is 0. The Morgan fingerprint density at radius 1 is 0.429 bits per heavy atom. The first-order valence-corrected chi connectivity index (χ1v) is 0. The Kier molecular flexibility index (Phi) is 16000. The zero-order valence-electron chi connectivity index (χ0n) is 3.10. The van der Waals surface area contributed by atoms with Gasteiger partial charge in [-0.15, -0.1) is 0 Å². The van der Waals surface area contributed by atoms with Crippen LogP contribution < -0.4 is 23.5 Å². The van der Waals surface area contributed by atoms with E-state index in [0.29, 0.717) is 0 Å². The minimum absolute atomic E-state index is 0. The van der Waals surface area contributed by atoms with E-state index in [0.717, 1.165) is 0 Å². The second kappa shape index (κ2) is 268. The van der Waals surface area contributed by atoms with Gasteiger partial charge in [-0.3, -0.25) is 0 Å². The summed E-state index contributed by atoms with van der Waals surface area (Å²) in [6, 6.07) is 0. The molecule has 0 aromatic rings. The minimum atomic E-state index is 0. The summed E-state index contributed by atoms with van der Waals surface area (Å²) in [5, 5.41) is 0. The van der Waals surface area contributed by atoms with E-state index in [1.807, 2.05) is 0 Å². The van der Waals surface area contributed by atoms with Gasteiger partial charge in [0.25, 0.3) is 0 Å². The van der Waals surface area contributed by atoms with E-state index in [-0.39, 0.29) is 69.8 Å². The van der Waals surface area contributed by atoms with Crippen molar-refractivity contribution in [3.63, 3.8) is 0 Å². The molecule has 0 aromatic carbocycles. The molecule has 7 heteroatoms. The van der Waals surface area contributed by atoms with Gasteiger partial charge in [0.05, 0.1) is 0 Å². The van der Waals surface area contributed by atoms with Gasteiger partial charge in [0, 0.05) is 0 Å². The van der Waals surface area contributed by atoms with Crippen molar-refractivity contribution in [3.05, 3.63) is 0 Å². The van der Waals surface area contributed by atoms with Crippen molar-refractivity contribution >= 4 is 0 Å². The van der Waals surface area contributed by atoms with Crippen LogP contribution in [-0.2, 0) is 5.48 Å². The third kappa shape index (κ3) is 186. The zero-order valence-corrected chi connectivity index (χ0v) is 6.31. The van der Waals surface area contributed by atoms with E-state index in [4.69, 9.17) is 0 Å². The van der Waals surface area contributed by atoms with Crippen molar-refractivity contribution < 1.29 is 69.8 Å². The Morgan fingerprint density at radius 3 is 0.429 bits per heavy atom. The second-order valence-electron chi connectivity index (χ2n) is 0. The topological polar surface area (TPSA) is 34.5 Å². The van der Waals surface area contributed by atoms with Crippen LogP contribution in [0.3, 0.4) is 0 Å². The molecule has 0 fully saturated rings. The van der Waals surface area contributed by atoms with Crippen molar-refractivity contribution in [1.82, 2.24) is 0 Å². The van der Waals surface area contributed by atoms with Crippen molar-refractivity contribution in [2.45, 2.75) is 0 Å². The quantitative estimate of drug-likeness (QED) is 0.387. The van der Waals surface area contributed by atoms with E-state index in [2.05, 4.69) is 0 Å². The molecule has 0 saturated carbocycles. The molecule has 0 bridgehead atoms. The third-order valence-corrected chi connectivity index (χ3v) is 0. The van der Waals surface area contributed by atoms with Crippen LogP contribution in [0, 0.1) is 40.8 Å². The second-order valence-corrected chi connectivity index (χ2v) is 0. The van der Waals surface area contributed by atoms with E-state index in [1.54, 1.807) is 0 Å². The molecule has 1 nitrogen and oxygen atoms in total. The van der Waals surface area contributed by atoms with Crippen LogP contribution in [-0.4, -0.2) is 0 Å². The van der Waals surface area contributed by atoms with Crippen LogP contribution in [0.4, 0.5) is 0 Å². The van der Waals surface area contributed by atoms with Gasteiger partial charge in [-0.05, 0) is 0 Å². The van der Waals surface area contributed by atoms with Crippen molar-refractivity contribution in [2.24, 2.45) is 0 Å². The molecule has 0 aliphatic rings. The fraction of sp³-hybridized carbons (Fsp3) is 0. The monoisotopic (exact) mass is 257 g/mol. The van der Waals surface area contributed by atoms with Crippen LogP contribution in [0.25, 0.3) is 0 Å². The summed E-state index contributed by atoms with van der Waals surface area (Å²) in [5.41, 5.74) is 0. The average molecular weight is 259 g/mol. The van der Waals surface area contributed by atoms with E-state index in [9.17, 15) is 0 Å². The molecule has 0 atom stereocenters. The van der Waals surface area contributed by atoms with Crippen LogP contribution in [0.15, 0.2) is 0 Å². The molecule has 0 heterocycles. The standard InChI is InChI=1S/5FH.Nd.H4O/h5*1H;;1H4/q;;;;;+3;+2/p-5. The maximum atomic E-state index is 0. The minimum Gasteiger partial charge on any atom is -1.00 e. The smallest absolute Gasteiger partial charge is 1.00 e. The number of hydrogen-bond acceptors (Lipinski definition) is 0. The number of halogens is 5. The van der Waals surface area contributed by atoms with Gasteiger partial charge in [0.15, 0.2) is 0 Å². The Hall–Kier alpha value is 0.961. The maximum absolute atomic E-state index is 0. The first kappa shape index (κ1) is 418. The third-order valence-electron chi connectivity index (χ3n) is 0. The summed E-state index contributed by atoms with van der Waals surface area (Å²) in [6.45, 7) is 0. The van der Waals surface area contributed by atoms with Gasteiger partial charge in [-0.1, -0.05) is 0 Å². The largest absolute Gasteiger partial charge is 3.00 e. The molecule has 0 aromatic heterocycles. The normalized spacial score (nSPS) is 0. The van der Waals surface area contributed by atoms with Crippen molar-refractivity contribution in [2.75, 3.05) is 0 Å². The first-order chi connectivity index (χ1) is 0. The molecule has 1 radical (unpaired) electrons. The molecule has 0 amide bonds. The number of rotatable bonds is 0. The molecular formula is H4F5NdO. The molecule has 0 aliphatic carbocycles. The van der Waals surface area contributed by atoms with Gasteiger partial charge in [-0.25, -0.2) is 0 Å². The summed E-state index contributed by atoms with van der Waals surface area (Å²) in [4.78, 5) is 0. The summed E-state index contributed by atoms with van der Waals surface area (Å²) in [5.74, 6) is 0. The van der Waals surface area contributed by atoms with Gasteiger partial charge >= 0.3 is 40.8 Å². The summed E-state index contributed by atoms with van der Waals surface area (Å²) in [6.07, 6.45) is 0. The molecule has 0 spiro atoms. The Labute approximate surface area is 69.5 Å². The van der Waals surface area contributed by atoms with Crippen molar-refractivity contribution in [1.29, 1.82) is 0 Å². The van der Waals surface area contributed by atoms with Crippen LogP contribution in [0.2, 0.25) is 0 Å². The van der Waals surface area contributed by atoms with E-state index in [1.165, 1.54) is 0 Å². The Morgan fingerprint density at radius 2 is 0.429 bits per heavy atom. The fourth-order valence-electron chi connectivity index (χ4n) is 0. The summed E-state index contributed by atoms with van der Waals surface area (Å²) in [7, 11) is 0. The molecule has 0 aliphatic heterocycles. The zero-order chi connectivity index (χ0) is 0. The molecular weight excluding hydrogens is 255 g/mol. The van der Waals surface area contributed by atoms with Gasteiger partial charge < -0.3 is 29.0 Å². The van der Waals surface area contributed by atoms with Gasteiger partial charge in [0.1, 0.15) is 0 Å². The van der Waals surface area contributed by atoms with Gasteiger partial charge in [-0.2, -0.15) is 0 Å². The summed E-state index contributed by atoms with van der Waals surface area (Å²) < 4.78 is 0.